The second-order valence-electron chi connectivity index (χ2n) is 3.08. The van der Waals surface area contributed by atoms with Gasteiger partial charge in [0.1, 0.15) is 6.07 Å². The highest BCUT2D eigenvalue weighted by Gasteiger charge is 2.08. The van der Waals surface area contributed by atoms with E-state index in [0.29, 0.717) is 16.3 Å². The van der Waals surface area contributed by atoms with Crippen LogP contribution < -0.4 is 11.1 Å². The Morgan fingerprint density at radius 2 is 2.33 bits per heavy atom. The van der Waals surface area contributed by atoms with Crippen molar-refractivity contribution in [3.8, 4) is 6.07 Å². The van der Waals surface area contributed by atoms with Crippen LogP contribution in [0.25, 0.3) is 0 Å². The van der Waals surface area contributed by atoms with Crippen LogP contribution in [0.1, 0.15) is 12.5 Å². The predicted octanol–water partition coefficient (Wildman–Crippen LogP) is 1.50. The van der Waals surface area contributed by atoms with Crippen LogP contribution in [0.5, 0.6) is 0 Å². The van der Waals surface area contributed by atoms with Crippen molar-refractivity contribution in [1.82, 2.24) is 0 Å². The topological polar surface area (TPSA) is 78.9 Å². The first-order chi connectivity index (χ1) is 7.04. The third-order valence-electron chi connectivity index (χ3n) is 1.77. The second-order valence-corrected chi connectivity index (χ2v) is 3.49. The van der Waals surface area contributed by atoms with E-state index >= 15 is 0 Å². The Morgan fingerprint density at radius 1 is 1.67 bits per heavy atom. The molecule has 15 heavy (non-hydrogen) atoms. The number of rotatable bonds is 2. The molecule has 1 aromatic rings. The van der Waals surface area contributed by atoms with Crippen LogP contribution in [-0.2, 0) is 4.79 Å². The van der Waals surface area contributed by atoms with Crippen molar-refractivity contribution in [3.63, 3.8) is 0 Å². The zero-order chi connectivity index (χ0) is 11.4. The van der Waals surface area contributed by atoms with E-state index in [1.165, 1.54) is 6.07 Å². The number of hydrogen-bond donors (Lipinski definition) is 2. The molecule has 0 saturated carbocycles. The van der Waals surface area contributed by atoms with E-state index < -0.39 is 6.04 Å². The van der Waals surface area contributed by atoms with Crippen LogP contribution in [0, 0.1) is 11.3 Å². The molecule has 0 spiro atoms. The van der Waals surface area contributed by atoms with Gasteiger partial charge in [0.15, 0.2) is 0 Å². The molecule has 5 heteroatoms. The zero-order valence-corrected chi connectivity index (χ0v) is 8.88. The molecule has 0 saturated heterocycles. The molecule has 0 unspecified atom stereocenters. The van der Waals surface area contributed by atoms with Crippen molar-refractivity contribution in [2.24, 2.45) is 5.73 Å². The number of anilines is 1. The lowest BCUT2D eigenvalue weighted by Crippen LogP contribution is -2.32. The monoisotopic (exact) mass is 223 g/mol. The molecular weight excluding hydrogens is 214 g/mol. The third kappa shape index (κ3) is 2.94. The second kappa shape index (κ2) is 4.78. The van der Waals surface area contributed by atoms with E-state index in [0.717, 1.165) is 0 Å². The van der Waals surface area contributed by atoms with Gasteiger partial charge >= 0.3 is 0 Å². The van der Waals surface area contributed by atoms with Gasteiger partial charge < -0.3 is 11.1 Å². The lowest BCUT2D eigenvalue weighted by Gasteiger charge is -2.08. The molecule has 0 aliphatic carbocycles. The smallest absolute Gasteiger partial charge is 0.240 e. The minimum absolute atomic E-state index is 0.296. The number of nitrogens with one attached hydrogen (secondary N) is 1. The van der Waals surface area contributed by atoms with Gasteiger partial charge in [-0.25, -0.2) is 0 Å². The van der Waals surface area contributed by atoms with Gasteiger partial charge in [0, 0.05) is 5.69 Å². The normalized spacial score (nSPS) is 11.6. The standard InChI is InChI=1S/C10H10ClN3O/c1-6(13)10(15)14-8-3-2-7(5-12)9(11)4-8/h2-4,6H,13H2,1H3,(H,14,15)/t6-/m1/s1. The van der Waals surface area contributed by atoms with Crippen molar-refractivity contribution in [1.29, 1.82) is 5.26 Å². The number of nitrogens with two attached hydrogens (primary N) is 1. The summed E-state index contributed by atoms with van der Waals surface area (Å²) in [5.74, 6) is -0.296. The average Bonchev–Trinajstić information content (AvgIpc) is 2.18. The maximum absolute atomic E-state index is 11.2. The Bertz CT molecular complexity index is 423. The van der Waals surface area contributed by atoms with E-state index in [9.17, 15) is 4.79 Å². The highest BCUT2D eigenvalue weighted by molar-refractivity contribution is 6.32. The number of amides is 1. The fourth-order valence-corrected chi connectivity index (χ4v) is 1.16. The Balaban J connectivity index is 2.86. The number of nitrogens with zero attached hydrogens (tertiary/aromatic N) is 1. The molecule has 1 amide bonds. The first kappa shape index (κ1) is 11.5. The minimum Gasteiger partial charge on any atom is -0.325 e. The maximum Gasteiger partial charge on any atom is 0.240 e. The van der Waals surface area contributed by atoms with Crippen LogP contribution in [0.2, 0.25) is 5.02 Å². The molecule has 0 heterocycles. The van der Waals surface area contributed by atoms with Crippen molar-refractivity contribution >= 4 is 23.2 Å². The van der Waals surface area contributed by atoms with E-state index in [-0.39, 0.29) is 5.91 Å². The number of halogens is 1. The number of carbonyl (C=O) groups excluding carboxylic acids is 1. The summed E-state index contributed by atoms with van der Waals surface area (Å²) >= 11 is 5.79. The molecule has 0 aromatic heterocycles. The molecular formula is C10H10ClN3O. The highest BCUT2D eigenvalue weighted by atomic mass is 35.5. The molecule has 0 fully saturated rings. The fourth-order valence-electron chi connectivity index (χ4n) is 0.940. The highest BCUT2D eigenvalue weighted by Crippen LogP contribution is 2.20. The summed E-state index contributed by atoms with van der Waals surface area (Å²) in [6.45, 7) is 1.58. The number of benzene rings is 1. The average molecular weight is 224 g/mol. The first-order valence-corrected chi connectivity index (χ1v) is 4.68. The Hall–Kier alpha value is -1.57. The molecule has 1 atom stereocenters. The van der Waals surface area contributed by atoms with Crippen LogP contribution in [0.3, 0.4) is 0 Å². The number of nitriles is 1. The minimum atomic E-state index is -0.584. The van der Waals surface area contributed by atoms with Gasteiger partial charge in [-0.05, 0) is 25.1 Å². The van der Waals surface area contributed by atoms with Gasteiger partial charge in [-0.2, -0.15) is 5.26 Å². The summed E-state index contributed by atoms with van der Waals surface area (Å²) in [5, 5.41) is 11.5. The summed E-state index contributed by atoms with van der Waals surface area (Å²) in [6.07, 6.45) is 0. The summed E-state index contributed by atoms with van der Waals surface area (Å²) in [7, 11) is 0. The molecule has 0 aliphatic rings. The summed E-state index contributed by atoms with van der Waals surface area (Å²) in [4.78, 5) is 11.2. The molecule has 78 valence electrons. The van der Waals surface area contributed by atoms with Crippen molar-refractivity contribution < 1.29 is 4.79 Å². The van der Waals surface area contributed by atoms with Gasteiger partial charge in [-0.15, -0.1) is 0 Å². The van der Waals surface area contributed by atoms with Crippen molar-refractivity contribution in [2.45, 2.75) is 13.0 Å². The van der Waals surface area contributed by atoms with Gasteiger partial charge in [-0.1, -0.05) is 11.6 Å². The quantitative estimate of drug-likeness (QED) is 0.798. The Morgan fingerprint density at radius 3 is 2.80 bits per heavy atom. The maximum atomic E-state index is 11.2. The summed E-state index contributed by atoms with van der Waals surface area (Å²) in [5.41, 5.74) is 6.28. The molecule has 1 rings (SSSR count). The molecule has 0 radical (unpaired) electrons. The molecule has 4 nitrogen and oxygen atoms in total. The molecule has 3 N–H and O–H groups in total. The number of carbonyl (C=O) groups is 1. The van der Waals surface area contributed by atoms with E-state index in [4.69, 9.17) is 22.6 Å². The Labute approximate surface area is 92.6 Å². The molecule has 0 bridgehead atoms. The lowest BCUT2D eigenvalue weighted by molar-refractivity contribution is -0.117. The van der Waals surface area contributed by atoms with Crippen LogP contribution in [-0.4, -0.2) is 11.9 Å². The van der Waals surface area contributed by atoms with Gasteiger partial charge in [0.25, 0.3) is 0 Å². The van der Waals surface area contributed by atoms with Gasteiger partial charge in [-0.3, -0.25) is 4.79 Å². The lowest BCUT2D eigenvalue weighted by atomic mass is 10.2. The molecule has 0 aliphatic heterocycles. The zero-order valence-electron chi connectivity index (χ0n) is 8.12. The summed E-state index contributed by atoms with van der Waals surface area (Å²) < 4.78 is 0. The number of hydrogen-bond acceptors (Lipinski definition) is 3. The molecule has 1 aromatic carbocycles. The van der Waals surface area contributed by atoms with Gasteiger partial charge in [0.2, 0.25) is 5.91 Å². The van der Waals surface area contributed by atoms with Crippen LogP contribution in [0.4, 0.5) is 5.69 Å². The van der Waals surface area contributed by atoms with Crippen molar-refractivity contribution in [2.75, 3.05) is 5.32 Å². The van der Waals surface area contributed by atoms with E-state index in [1.807, 2.05) is 6.07 Å². The fraction of sp³-hybridized carbons (Fsp3) is 0.200. The van der Waals surface area contributed by atoms with Crippen molar-refractivity contribution in [3.05, 3.63) is 28.8 Å². The Kier molecular flexibility index (Phi) is 3.67. The SMILES string of the molecule is C[C@@H](N)C(=O)Nc1ccc(C#N)c(Cl)c1. The first-order valence-electron chi connectivity index (χ1n) is 4.30. The van der Waals surface area contributed by atoms with Crippen LogP contribution in [0.15, 0.2) is 18.2 Å². The van der Waals surface area contributed by atoms with E-state index in [1.54, 1.807) is 19.1 Å². The predicted molar refractivity (Wildman–Crippen MR) is 58.4 cm³/mol. The third-order valence-corrected chi connectivity index (χ3v) is 2.08. The van der Waals surface area contributed by atoms with E-state index in [2.05, 4.69) is 5.32 Å². The largest absolute Gasteiger partial charge is 0.325 e. The van der Waals surface area contributed by atoms with Gasteiger partial charge in [0.05, 0.1) is 16.6 Å². The van der Waals surface area contributed by atoms with Crippen LogP contribution >= 0.6 is 11.6 Å². The summed E-state index contributed by atoms with van der Waals surface area (Å²) in [6, 6.07) is 6.00.